The first-order valence-electron chi connectivity index (χ1n) is 11.7. The number of anilines is 2. The van der Waals surface area contributed by atoms with Crippen molar-refractivity contribution in [1.29, 1.82) is 0 Å². The fraction of sp³-hybridized carbons (Fsp3) is 0.346. The summed E-state index contributed by atoms with van der Waals surface area (Å²) in [5.41, 5.74) is 2.45. The molecule has 0 atom stereocenters. The average molecular weight is 496 g/mol. The van der Waals surface area contributed by atoms with Crippen LogP contribution in [0.2, 0.25) is 0 Å². The number of amides is 3. The van der Waals surface area contributed by atoms with Crippen LogP contribution in [-0.2, 0) is 14.3 Å². The highest BCUT2D eigenvalue weighted by molar-refractivity contribution is 8.18. The third-order valence-corrected chi connectivity index (χ3v) is 6.55. The van der Waals surface area contributed by atoms with Crippen LogP contribution < -0.4 is 15.0 Å². The summed E-state index contributed by atoms with van der Waals surface area (Å²) in [5.74, 6) is -0.138. The van der Waals surface area contributed by atoms with Crippen LogP contribution in [0.3, 0.4) is 0 Å². The van der Waals surface area contributed by atoms with Crippen molar-refractivity contribution in [2.24, 2.45) is 0 Å². The molecule has 9 heteroatoms. The number of ether oxygens (including phenoxy) is 2. The van der Waals surface area contributed by atoms with Gasteiger partial charge in [0.2, 0.25) is 5.91 Å². The minimum atomic E-state index is -0.471. The van der Waals surface area contributed by atoms with Crippen LogP contribution in [0, 0.1) is 0 Å². The summed E-state index contributed by atoms with van der Waals surface area (Å²) in [6, 6.07) is 14.8. The molecule has 0 spiro atoms. The molecular formula is C26H29N3O5S. The summed E-state index contributed by atoms with van der Waals surface area (Å²) in [7, 11) is 0. The lowest BCUT2D eigenvalue weighted by Gasteiger charge is -2.28. The molecule has 1 N–H and O–H groups in total. The maximum absolute atomic E-state index is 12.8. The minimum Gasteiger partial charge on any atom is -0.494 e. The van der Waals surface area contributed by atoms with Gasteiger partial charge in [0.25, 0.3) is 11.1 Å². The Hall–Kier alpha value is -3.30. The van der Waals surface area contributed by atoms with Gasteiger partial charge in [0, 0.05) is 24.5 Å². The van der Waals surface area contributed by atoms with Crippen LogP contribution in [0.25, 0.3) is 6.08 Å². The van der Waals surface area contributed by atoms with Crippen molar-refractivity contribution in [3.8, 4) is 5.75 Å². The molecule has 0 saturated carbocycles. The van der Waals surface area contributed by atoms with Gasteiger partial charge in [0.15, 0.2) is 0 Å². The second kappa shape index (κ2) is 11.9. The predicted molar refractivity (Wildman–Crippen MR) is 138 cm³/mol. The highest BCUT2D eigenvalue weighted by Crippen LogP contribution is 2.32. The van der Waals surface area contributed by atoms with E-state index >= 15 is 0 Å². The van der Waals surface area contributed by atoms with Crippen molar-refractivity contribution in [2.45, 2.75) is 19.8 Å². The molecule has 0 aliphatic carbocycles. The molecule has 3 amide bonds. The molecule has 2 aromatic rings. The lowest BCUT2D eigenvalue weighted by molar-refractivity contribution is -0.127. The zero-order valence-corrected chi connectivity index (χ0v) is 20.5. The number of carbonyl (C=O) groups excluding carboxylic acids is 3. The van der Waals surface area contributed by atoms with Gasteiger partial charge < -0.3 is 19.7 Å². The van der Waals surface area contributed by atoms with Crippen LogP contribution in [-0.4, -0.2) is 61.4 Å². The summed E-state index contributed by atoms with van der Waals surface area (Å²) in [4.78, 5) is 41.2. The van der Waals surface area contributed by atoms with Gasteiger partial charge in [-0.2, -0.15) is 0 Å². The zero-order chi connectivity index (χ0) is 24.6. The molecule has 0 bridgehead atoms. The van der Waals surface area contributed by atoms with Crippen molar-refractivity contribution >= 4 is 46.3 Å². The fourth-order valence-electron chi connectivity index (χ4n) is 3.70. The van der Waals surface area contributed by atoms with Gasteiger partial charge in [0.05, 0.1) is 24.7 Å². The summed E-state index contributed by atoms with van der Waals surface area (Å²) in [6.45, 7) is 5.48. The van der Waals surface area contributed by atoms with Crippen molar-refractivity contribution in [3.63, 3.8) is 0 Å². The third kappa shape index (κ3) is 6.64. The highest BCUT2D eigenvalue weighted by Gasteiger charge is 2.36. The second-order valence-electron chi connectivity index (χ2n) is 8.23. The Bertz CT molecular complexity index is 1080. The van der Waals surface area contributed by atoms with Gasteiger partial charge in [-0.25, -0.2) is 0 Å². The number of thioether (sulfide) groups is 1. The van der Waals surface area contributed by atoms with Crippen LogP contribution in [0.15, 0.2) is 53.4 Å². The lowest BCUT2D eigenvalue weighted by Crippen LogP contribution is -2.36. The van der Waals surface area contributed by atoms with E-state index in [9.17, 15) is 14.4 Å². The Kier molecular flexibility index (Phi) is 8.44. The maximum atomic E-state index is 12.8. The molecule has 2 aliphatic heterocycles. The molecule has 2 fully saturated rings. The molecule has 0 aromatic heterocycles. The average Bonchev–Trinajstić information content (AvgIpc) is 3.13. The Balaban J connectivity index is 1.32. The third-order valence-electron chi connectivity index (χ3n) is 5.65. The van der Waals surface area contributed by atoms with Gasteiger partial charge in [-0.3, -0.25) is 19.3 Å². The smallest absolute Gasteiger partial charge is 0.294 e. The van der Waals surface area contributed by atoms with E-state index in [2.05, 4.69) is 17.1 Å². The van der Waals surface area contributed by atoms with Gasteiger partial charge >= 0.3 is 0 Å². The van der Waals surface area contributed by atoms with Crippen LogP contribution in [0.5, 0.6) is 5.75 Å². The SMILES string of the molecule is CCCCOc1ccc(C=C2SC(=O)N(CC(=O)Nc3ccc(N4CCOCC4)cc3)C2=O)cc1. The standard InChI is InChI=1S/C26H29N3O5S/c1-2-3-14-34-22-10-4-19(5-11-22)17-23-25(31)29(26(32)35-23)18-24(30)27-20-6-8-21(9-7-20)28-12-15-33-16-13-28/h4-11,17H,2-3,12-16,18H2,1H3,(H,27,30). The van der Waals surface area contributed by atoms with E-state index in [4.69, 9.17) is 9.47 Å². The van der Waals surface area contributed by atoms with Crippen molar-refractivity contribution < 1.29 is 23.9 Å². The highest BCUT2D eigenvalue weighted by atomic mass is 32.2. The molecule has 2 saturated heterocycles. The van der Waals surface area contributed by atoms with E-state index in [1.54, 1.807) is 6.08 Å². The Labute approximate surface area is 209 Å². The first-order chi connectivity index (χ1) is 17.0. The van der Waals surface area contributed by atoms with Gasteiger partial charge in [-0.15, -0.1) is 0 Å². The number of unbranched alkanes of at least 4 members (excludes halogenated alkanes) is 1. The van der Waals surface area contributed by atoms with Crippen LogP contribution in [0.4, 0.5) is 16.2 Å². The summed E-state index contributed by atoms with van der Waals surface area (Å²) < 4.78 is 11.0. The number of morpholine rings is 1. The first kappa shape index (κ1) is 24.8. The van der Waals surface area contributed by atoms with E-state index in [0.29, 0.717) is 25.5 Å². The minimum absolute atomic E-state index is 0.289. The van der Waals surface area contributed by atoms with E-state index < -0.39 is 17.1 Å². The number of nitrogens with zero attached hydrogens (tertiary/aromatic N) is 2. The fourth-order valence-corrected chi connectivity index (χ4v) is 4.54. The monoisotopic (exact) mass is 495 g/mol. The topological polar surface area (TPSA) is 88.2 Å². The number of hydrogen-bond acceptors (Lipinski definition) is 7. The van der Waals surface area contributed by atoms with Crippen molar-refractivity contribution in [3.05, 3.63) is 59.0 Å². The number of imide groups is 1. The van der Waals surface area contributed by atoms with Gasteiger partial charge in [-0.05, 0) is 66.2 Å². The predicted octanol–water partition coefficient (Wildman–Crippen LogP) is 4.38. The van der Waals surface area contributed by atoms with Crippen molar-refractivity contribution in [2.75, 3.05) is 49.7 Å². The summed E-state index contributed by atoms with van der Waals surface area (Å²) in [5, 5.41) is 2.30. The second-order valence-corrected chi connectivity index (χ2v) is 9.23. The molecule has 2 heterocycles. The van der Waals surface area contributed by atoms with E-state index in [-0.39, 0.29) is 11.4 Å². The molecule has 35 heavy (non-hydrogen) atoms. The Morgan fingerprint density at radius 3 is 2.49 bits per heavy atom. The van der Waals surface area contributed by atoms with Crippen molar-refractivity contribution in [1.82, 2.24) is 4.90 Å². The summed E-state index contributed by atoms with van der Waals surface area (Å²) >= 11 is 0.835. The molecule has 2 aliphatic rings. The van der Waals surface area contributed by atoms with Gasteiger partial charge in [0.1, 0.15) is 12.3 Å². The molecule has 2 aromatic carbocycles. The molecule has 184 valence electrons. The normalized spacial score (nSPS) is 17.2. The first-order valence-corrected chi connectivity index (χ1v) is 12.6. The molecule has 0 unspecified atom stereocenters. The van der Waals surface area contributed by atoms with E-state index in [1.165, 1.54) is 0 Å². The maximum Gasteiger partial charge on any atom is 0.294 e. The van der Waals surface area contributed by atoms with E-state index in [1.807, 2.05) is 48.5 Å². The lowest BCUT2D eigenvalue weighted by atomic mass is 10.2. The largest absolute Gasteiger partial charge is 0.494 e. The van der Waals surface area contributed by atoms with Gasteiger partial charge in [-0.1, -0.05) is 25.5 Å². The molecule has 8 nitrogen and oxygen atoms in total. The Morgan fingerprint density at radius 2 is 1.80 bits per heavy atom. The van der Waals surface area contributed by atoms with E-state index in [0.717, 1.165) is 59.6 Å². The molecule has 0 radical (unpaired) electrons. The number of carbonyl (C=O) groups is 3. The van der Waals surface area contributed by atoms with Crippen LogP contribution in [0.1, 0.15) is 25.3 Å². The van der Waals surface area contributed by atoms with Crippen LogP contribution >= 0.6 is 11.8 Å². The number of hydrogen-bond donors (Lipinski definition) is 1. The zero-order valence-electron chi connectivity index (χ0n) is 19.7. The molecular weight excluding hydrogens is 466 g/mol. The quantitative estimate of drug-likeness (QED) is 0.408. The number of rotatable bonds is 9. The number of nitrogens with one attached hydrogen (secondary N) is 1. The number of benzene rings is 2. The Morgan fingerprint density at radius 1 is 1.09 bits per heavy atom. The summed E-state index contributed by atoms with van der Waals surface area (Å²) in [6.07, 6.45) is 3.71. The molecule has 4 rings (SSSR count).